The van der Waals surface area contributed by atoms with Crippen molar-refractivity contribution in [3.8, 4) is 28.5 Å². The second-order valence-electron chi connectivity index (χ2n) is 8.97. The summed E-state index contributed by atoms with van der Waals surface area (Å²) in [4.78, 5) is 6.75. The average Bonchev–Trinajstić information content (AvgIpc) is 3.21. The third-order valence-corrected chi connectivity index (χ3v) is 6.95. The highest BCUT2D eigenvalue weighted by Crippen LogP contribution is 2.46. The molecule has 2 aromatic heterocycles. The highest BCUT2D eigenvalue weighted by molar-refractivity contribution is 6.32. The third kappa shape index (κ3) is 4.12. The van der Waals surface area contributed by atoms with Crippen LogP contribution in [0.3, 0.4) is 0 Å². The smallest absolute Gasteiger partial charge is 0.169 e. The number of hydrogen-bond acceptors (Lipinski definition) is 6. The van der Waals surface area contributed by atoms with Gasteiger partial charge in [-0.15, -0.1) is 0 Å². The van der Waals surface area contributed by atoms with Crippen LogP contribution >= 0.6 is 11.6 Å². The van der Waals surface area contributed by atoms with E-state index >= 15 is 4.39 Å². The number of aryl methyl sites for hydroxylation is 1. The zero-order valence-electron chi connectivity index (χ0n) is 19.6. The number of methoxy groups -OCH3 is 1. The number of aromatic nitrogens is 3. The number of ether oxygens (including phenoxy) is 2. The fourth-order valence-electron chi connectivity index (χ4n) is 4.71. The van der Waals surface area contributed by atoms with Crippen LogP contribution in [0, 0.1) is 24.5 Å². The Balaban J connectivity index is 1.72. The number of aromatic amines is 1. The Hall–Kier alpha value is -3.17. The number of fused-ring (bicyclic) bond motifs is 3. The summed E-state index contributed by atoms with van der Waals surface area (Å²) in [5.41, 5.74) is 0.860. The van der Waals surface area contributed by atoms with E-state index in [4.69, 9.17) is 21.1 Å². The minimum absolute atomic E-state index is 0.00761. The molecule has 1 aliphatic heterocycles. The number of halogens is 3. The molecule has 4 aromatic rings. The first kappa shape index (κ1) is 23.6. The normalized spacial score (nSPS) is 15.3. The summed E-state index contributed by atoms with van der Waals surface area (Å²) < 4.78 is 42.6. The van der Waals surface area contributed by atoms with E-state index in [9.17, 15) is 9.50 Å². The van der Waals surface area contributed by atoms with Gasteiger partial charge in [-0.3, -0.25) is 5.10 Å². The van der Waals surface area contributed by atoms with Gasteiger partial charge in [0, 0.05) is 28.5 Å². The molecule has 0 amide bonds. The zero-order valence-corrected chi connectivity index (χ0v) is 20.3. The SMILES string of the molecule is COc1c(OCC2CCN(C)CC2)cc(F)c2c(-c3cc(Cl)c(O)cc3F)nc3[nH]nc(C)c3c12. The van der Waals surface area contributed by atoms with Crippen LogP contribution in [0.25, 0.3) is 33.1 Å². The zero-order chi connectivity index (χ0) is 24.9. The number of likely N-dealkylation sites (tertiary alicyclic amines) is 1. The van der Waals surface area contributed by atoms with Gasteiger partial charge < -0.3 is 19.5 Å². The van der Waals surface area contributed by atoms with Crippen LogP contribution < -0.4 is 9.47 Å². The number of piperidine rings is 1. The summed E-state index contributed by atoms with van der Waals surface area (Å²) in [6, 6.07) is 3.35. The Bertz CT molecular complexity index is 1430. The monoisotopic (exact) mass is 502 g/mol. The van der Waals surface area contributed by atoms with Crippen LogP contribution in [0.5, 0.6) is 17.2 Å². The molecule has 1 aliphatic rings. The Morgan fingerprint density at radius 2 is 1.89 bits per heavy atom. The van der Waals surface area contributed by atoms with E-state index in [2.05, 4.69) is 27.1 Å². The number of aromatic hydroxyl groups is 1. The number of hydrogen-bond donors (Lipinski definition) is 2. The lowest BCUT2D eigenvalue weighted by atomic mass is 9.97. The van der Waals surface area contributed by atoms with Crippen LogP contribution in [0.15, 0.2) is 18.2 Å². The molecule has 184 valence electrons. The van der Waals surface area contributed by atoms with Crippen LogP contribution in [-0.4, -0.2) is 59.0 Å². The Kier molecular flexibility index (Phi) is 6.14. The average molecular weight is 503 g/mol. The number of H-pyrrole nitrogens is 1. The van der Waals surface area contributed by atoms with Gasteiger partial charge in [0.1, 0.15) is 17.4 Å². The molecule has 3 heterocycles. The highest BCUT2D eigenvalue weighted by Gasteiger charge is 2.26. The largest absolute Gasteiger partial charge is 0.506 e. The molecule has 5 rings (SSSR count). The standard InChI is InChI=1S/C25H25ClF2N4O3/c1-12-20-22-21(23(29-25(20)31-30-12)14-8-15(26)18(33)9-16(14)27)17(28)10-19(24(22)34-3)35-11-13-4-6-32(2)7-5-13/h8-10,13,33H,4-7,11H2,1-3H3,(H,29,30,31). The summed E-state index contributed by atoms with van der Waals surface area (Å²) >= 11 is 6.05. The van der Waals surface area contributed by atoms with Crippen molar-refractivity contribution in [1.29, 1.82) is 0 Å². The van der Waals surface area contributed by atoms with Crippen LogP contribution in [0.2, 0.25) is 5.02 Å². The molecule has 0 aliphatic carbocycles. The molecule has 7 nitrogen and oxygen atoms in total. The van der Waals surface area contributed by atoms with E-state index in [0.29, 0.717) is 40.4 Å². The predicted molar refractivity (Wildman–Crippen MR) is 130 cm³/mol. The van der Waals surface area contributed by atoms with Crippen molar-refractivity contribution >= 4 is 33.4 Å². The third-order valence-electron chi connectivity index (χ3n) is 6.64. The van der Waals surface area contributed by atoms with Crippen molar-refractivity contribution in [3.63, 3.8) is 0 Å². The number of benzene rings is 2. The Morgan fingerprint density at radius 1 is 1.14 bits per heavy atom. The van der Waals surface area contributed by atoms with E-state index in [1.165, 1.54) is 19.2 Å². The lowest BCUT2D eigenvalue weighted by Crippen LogP contribution is -2.32. The Labute approximate surface area is 205 Å². The van der Waals surface area contributed by atoms with Gasteiger partial charge in [0.25, 0.3) is 0 Å². The van der Waals surface area contributed by atoms with Gasteiger partial charge in [-0.05, 0) is 51.9 Å². The molecule has 0 atom stereocenters. The first-order chi connectivity index (χ1) is 16.8. The molecule has 1 fully saturated rings. The van der Waals surface area contributed by atoms with Gasteiger partial charge in [-0.1, -0.05) is 11.6 Å². The van der Waals surface area contributed by atoms with Crippen LogP contribution in [0.4, 0.5) is 8.78 Å². The van der Waals surface area contributed by atoms with E-state index in [1.807, 2.05) is 0 Å². The predicted octanol–water partition coefficient (Wildman–Crippen LogP) is 5.45. The van der Waals surface area contributed by atoms with Crippen molar-refractivity contribution in [2.75, 3.05) is 33.9 Å². The van der Waals surface area contributed by atoms with Crippen LogP contribution in [0.1, 0.15) is 18.5 Å². The molecular formula is C25H25ClF2N4O3. The van der Waals surface area contributed by atoms with E-state index in [0.717, 1.165) is 32.0 Å². The fourth-order valence-corrected chi connectivity index (χ4v) is 4.87. The summed E-state index contributed by atoms with van der Waals surface area (Å²) in [6.07, 6.45) is 1.99. The van der Waals surface area contributed by atoms with Gasteiger partial charge in [0.15, 0.2) is 17.1 Å². The van der Waals surface area contributed by atoms with Gasteiger partial charge in [0.05, 0.1) is 35.5 Å². The first-order valence-electron chi connectivity index (χ1n) is 11.3. The molecule has 0 saturated carbocycles. The molecule has 2 aromatic carbocycles. The molecule has 0 radical (unpaired) electrons. The topological polar surface area (TPSA) is 83.5 Å². The van der Waals surface area contributed by atoms with Gasteiger partial charge in [0.2, 0.25) is 0 Å². The number of phenolic OH excluding ortho intramolecular Hbond substituents is 1. The molecule has 0 unspecified atom stereocenters. The summed E-state index contributed by atoms with van der Waals surface area (Å²) in [5.74, 6) is -0.924. The minimum atomic E-state index is -0.794. The molecular weight excluding hydrogens is 478 g/mol. The van der Waals surface area contributed by atoms with E-state index in [1.54, 1.807) is 6.92 Å². The van der Waals surface area contributed by atoms with Crippen LogP contribution in [-0.2, 0) is 0 Å². The number of rotatable bonds is 5. The number of nitrogens with zero attached hydrogens (tertiary/aromatic N) is 3. The second-order valence-corrected chi connectivity index (χ2v) is 9.38. The van der Waals surface area contributed by atoms with Gasteiger partial charge >= 0.3 is 0 Å². The fraction of sp³-hybridized carbons (Fsp3) is 0.360. The second kappa shape index (κ2) is 9.13. The molecule has 10 heteroatoms. The van der Waals surface area contributed by atoms with E-state index in [-0.39, 0.29) is 27.4 Å². The van der Waals surface area contributed by atoms with Crippen molar-refractivity contribution < 1.29 is 23.4 Å². The minimum Gasteiger partial charge on any atom is -0.506 e. The molecule has 2 N–H and O–H groups in total. The van der Waals surface area contributed by atoms with Crippen molar-refractivity contribution in [2.24, 2.45) is 5.92 Å². The lowest BCUT2D eigenvalue weighted by Gasteiger charge is -2.29. The van der Waals surface area contributed by atoms with Gasteiger partial charge in [-0.2, -0.15) is 5.10 Å². The summed E-state index contributed by atoms with van der Waals surface area (Å²) in [5, 5.41) is 17.7. The number of phenols is 1. The van der Waals surface area contributed by atoms with Crippen molar-refractivity contribution in [2.45, 2.75) is 19.8 Å². The molecule has 35 heavy (non-hydrogen) atoms. The summed E-state index contributed by atoms with van der Waals surface area (Å²) in [7, 11) is 3.57. The quantitative estimate of drug-likeness (QED) is 0.377. The van der Waals surface area contributed by atoms with E-state index < -0.39 is 17.4 Å². The Morgan fingerprint density at radius 3 is 2.60 bits per heavy atom. The molecule has 0 bridgehead atoms. The number of pyridine rings is 1. The first-order valence-corrected chi connectivity index (χ1v) is 11.7. The van der Waals surface area contributed by atoms with Gasteiger partial charge in [-0.25, -0.2) is 13.8 Å². The molecule has 1 saturated heterocycles. The maximum Gasteiger partial charge on any atom is 0.169 e. The summed E-state index contributed by atoms with van der Waals surface area (Å²) in [6.45, 7) is 4.17. The lowest BCUT2D eigenvalue weighted by molar-refractivity contribution is 0.157. The highest BCUT2D eigenvalue weighted by atomic mass is 35.5. The maximum atomic E-state index is 15.8. The van der Waals surface area contributed by atoms with Crippen molar-refractivity contribution in [1.82, 2.24) is 20.1 Å². The number of nitrogens with one attached hydrogen (secondary N) is 1. The molecule has 0 spiro atoms. The maximum absolute atomic E-state index is 15.8. The van der Waals surface area contributed by atoms with Crippen molar-refractivity contribution in [3.05, 3.63) is 40.6 Å².